The second-order valence-electron chi connectivity index (χ2n) is 4.66. The van der Waals surface area contributed by atoms with Crippen molar-refractivity contribution in [2.75, 3.05) is 23.7 Å². The lowest BCUT2D eigenvalue weighted by Crippen LogP contribution is -2.45. The Balaban J connectivity index is 3.07. The number of rotatable bonds is 8. The molecule has 0 saturated heterocycles. The number of aliphatic carboxylic acids is 1. The molecule has 1 heterocycles. The van der Waals surface area contributed by atoms with Gasteiger partial charge in [-0.3, -0.25) is 9.35 Å². The number of nitrogens with one attached hydrogen (secondary N) is 1. The summed E-state index contributed by atoms with van der Waals surface area (Å²) in [4.78, 5) is 29.1. The van der Waals surface area contributed by atoms with Crippen LogP contribution in [0.15, 0.2) is 18.3 Å². The second-order valence-corrected chi connectivity index (χ2v) is 6.15. The van der Waals surface area contributed by atoms with Crippen molar-refractivity contribution in [1.82, 2.24) is 10.3 Å². The van der Waals surface area contributed by atoms with Crippen LogP contribution in [-0.4, -0.2) is 59.8 Å². The van der Waals surface area contributed by atoms with Gasteiger partial charge in [-0.2, -0.15) is 8.42 Å². The lowest BCUT2D eigenvalue weighted by molar-refractivity contribution is -0.138. The zero-order valence-electron chi connectivity index (χ0n) is 12.8. The number of nitrogens with zero attached hydrogens (tertiary/aromatic N) is 2. The van der Waals surface area contributed by atoms with Crippen molar-refractivity contribution in [3.8, 4) is 0 Å². The molecule has 23 heavy (non-hydrogen) atoms. The Labute approximate surface area is 134 Å². The van der Waals surface area contributed by atoms with Gasteiger partial charge >= 0.3 is 5.97 Å². The number of aromatic nitrogens is 1. The fourth-order valence-electron chi connectivity index (χ4n) is 2.00. The van der Waals surface area contributed by atoms with Crippen LogP contribution >= 0.6 is 0 Å². The number of hydrogen-bond acceptors (Lipinski definition) is 6. The molecule has 128 valence electrons. The van der Waals surface area contributed by atoms with Gasteiger partial charge in [0, 0.05) is 19.3 Å². The molecule has 0 aromatic carbocycles. The predicted octanol–water partition coefficient (Wildman–Crippen LogP) is -0.00140. The van der Waals surface area contributed by atoms with Gasteiger partial charge in [0.15, 0.2) is 5.69 Å². The van der Waals surface area contributed by atoms with Gasteiger partial charge in [-0.15, -0.1) is 0 Å². The Morgan fingerprint density at radius 3 is 2.43 bits per heavy atom. The highest BCUT2D eigenvalue weighted by molar-refractivity contribution is 7.85. The van der Waals surface area contributed by atoms with Crippen LogP contribution in [-0.2, 0) is 14.9 Å². The largest absolute Gasteiger partial charge is 0.480 e. The SMILES string of the molecule is CCN(CC)c1cccnc1C(=O)NC(CS(=O)(=O)O)C(=O)O. The number of amides is 1. The number of anilines is 1. The average Bonchev–Trinajstić information content (AvgIpc) is 2.46. The summed E-state index contributed by atoms with van der Waals surface area (Å²) < 4.78 is 30.5. The van der Waals surface area contributed by atoms with Gasteiger partial charge < -0.3 is 15.3 Å². The van der Waals surface area contributed by atoms with Crippen LogP contribution in [0.4, 0.5) is 5.69 Å². The predicted molar refractivity (Wildman–Crippen MR) is 83.1 cm³/mol. The number of carbonyl (C=O) groups is 2. The maximum absolute atomic E-state index is 12.3. The summed E-state index contributed by atoms with van der Waals surface area (Å²) in [5.41, 5.74) is 0.490. The van der Waals surface area contributed by atoms with E-state index in [4.69, 9.17) is 9.66 Å². The summed E-state index contributed by atoms with van der Waals surface area (Å²) in [5.74, 6) is -3.53. The minimum Gasteiger partial charge on any atom is -0.480 e. The summed E-state index contributed by atoms with van der Waals surface area (Å²) in [7, 11) is -4.56. The highest BCUT2D eigenvalue weighted by Gasteiger charge is 2.27. The molecule has 0 fully saturated rings. The number of carboxylic acid groups (broad SMARTS) is 1. The monoisotopic (exact) mass is 345 g/mol. The van der Waals surface area contributed by atoms with Crippen LogP contribution < -0.4 is 10.2 Å². The van der Waals surface area contributed by atoms with Gasteiger partial charge in [0.25, 0.3) is 16.0 Å². The summed E-state index contributed by atoms with van der Waals surface area (Å²) in [5, 5.41) is 11.0. The molecule has 0 saturated carbocycles. The average molecular weight is 345 g/mol. The van der Waals surface area contributed by atoms with E-state index in [0.717, 1.165) is 0 Å². The highest BCUT2D eigenvalue weighted by Crippen LogP contribution is 2.18. The van der Waals surface area contributed by atoms with E-state index in [9.17, 15) is 18.0 Å². The van der Waals surface area contributed by atoms with Crippen molar-refractivity contribution in [3.63, 3.8) is 0 Å². The van der Waals surface area contributed by atoms with E-state index in [1.54, 1.807) is 12.1 Å². The molecule has 1 amide bonds. The van der Waals surface area contributed by atoms with E-state index in [1.807, 2.05) is 18.7 Å². The molecule has 0 spiro atoms. The molecule has 1 atom stereocenters. The second kappa shape index (κ2) is 7.88. The van der Waals surface area contributed by atoms with E-state index in [1.165, 1.54) is 6.20 Å². The minimum atomic E-state index is -4.56. The summed E-state index contributed by atoms with van der Waals surface area (Å²) in [6.07, 6.45) is 1.38. The third kappa shape index (κ3) is 5.49. The van der Waals surface area contributed by atoms with Crippen molar-refractivity contribution in [3.05, 3.63) is 24.0 Å². The number of carbonyl (C=O) groups excluding carboxylic acids is 1. The fraction of sp³-hybridized carbons (Fsp3) is 0.462. The molecule has 9 nitrogen and oxygen atoms in total. The van der Waals surface area contributed by atoms with Gasteiger partial charge in [-0.05, 0) is 26.0 Å². The first-order valence-electron chi connectivity index (χ1n) is 6.88. The van der Waals surface area contributed by atoms with Crippen LogP contribution in [0.3, 0.4) is 0 Å². The first-order valence-corrected chi connectivity index (χ1v) is 8.49. The Bertz CT molecular complexity index is 672. The lowest BCUT2D eigenvalue weighted by atomic mass is 10.2. The quantitative estimate of drug-likeness (QED) is 0.560. The van der Waals surface area contributed by atoms with Gasteiger partial charge in [-0.25, -0.2) is 9.78 Å². The molecule has 10 heteroatoms. The first-order chi connectivity index (χ1) is 10.7. The van der Waals surface area contributed by atoms with Crippen molar-refractivity contribution in [1.29, 1.82) is 0 Å². The molecule has 0 aliphatic carbocycles. The van der Waals surface area contributed by atoms with Crippen molar-refractivity contribution in [2.45, 2.75) is 19.9 Å². The lowest BCUT2D eigenvalue weighted by Gasteiger charge is -2.23. The van der Waals surface area contributed by atoms with E-state index in [2.05, 4.69) is 10.3 Å². The van der Waals surface area contributed by atoms with E-state index in [-0.39, 0.29) is 5.69 Å². The number of carboxylic acids is 1. The molecule has 1 aromatic rings. The standard InChI is InChI=1S/C13H19N3O6S/c1-3-16(4-2)10-6-5-7-14-11(10)12(17)15-9(13(18)19)8-23(20,21)22/h5-7,9H,3-4,8H2,1-2H3,(H,15,17)(H,18,19)(H,20,21,22). The molecular weight excluding hydrogens is 326 g/mol. The first kappa shape index (κ1) is 18.8. The summed E-state index contributed by atoms with van der Waals surface area (Å²) >= 11 is 0. The molecular formula is C13H19N3O6S. The van der Waals surface area contributed by atoms with Gasteiger partial charge in [-0.1, -0.05) is 0 Å². The van der Waals surface area contributed by atoms with Crippen LogP contribution in [0.1, 0.15) is 24.3 Å². The summed E-state index contributed by atoms with van der Waals surface area (Å²) in [6, 6.07) is 1.52. The molecule has 1 rings (SSSR count). The minimum absolute atomic E-state index is 0.0159. The zero-order chi connectivity index (χ0) is 17.6. The van der Waals surface area contributed by atoms with Gasteiger partial charge in [0.05, 0.1) is 5.69 Å². The molecule has 0 radical (unpaired) electrons. The number of pyridine rings is 1. The van der Waals surface area contributed by atoms with Crippen molar-refractivity contribution >= 4 is 27.7 Å². The molecule has 1 unspecified atom stereocenters. The molecule has 0 bridgehead atoms. The Hall–Kier alpha value is -2.20. The molecule has 1 aromatic heterocycles. The zero-order valence-corrected chi connectivity index (χ0v) is 13.6. The number of hydrogen-bond donors (Lipinski definition) is 3. The molecule has 3 N–H and O–H groups in total. The van der Waals surface area contributed by atoms with Crippen LogP contribution in [0.5, 0.6) is 0 Å². The normalized spacial score (nSPS) is 12.5. The van der Waals surface area contributed by atoms with E-state index in [0.29, 0.717) is 18.8 Å². The highest BCUT2D eigenvalue weighted by atomic mass is 32.2. The summed E-state index contributed by atoms with van der Waals surface area (Å²) in [6.45, 7) is 4.98. The Kier molecular flexibility index (Phi) is 6.46. The van der Waals surface area contributed by atoms with Crippen LogP contribution in [0.2, 0.25) is 0 Å². The third-order valence-electron chi connectivity index (χ3n) is 3.09. The Morgan fingerprint density at radius 1 is 1.35 bits per heavy atom. The molecule has 0 aliphatic rings. The maximum atomic E-state index is 12.3. The van der Waals surface area contributed by atoms with Gasteiger partial charge in [0.2, 0.25) is 0 Å². The van der Waals surface area contributed by atoms with Crippen molar-refractivity contribution < 1.29 is 27.7 Å². The maximum Gasteiger partial charge on any atom is 0.327 e. The van der Waals surface area contributed by atoms with E-state index < -0.39 is 33.8 Å². The van der Waals surface area contributed by atoms with Crippen LogP contribution in [0, 0.1) is 0 Å². The fourth-order valence-corrected chi connectivity index (χ4v) is 2.65. The van der Waals surface area contributed by atoms with E-state index >= 15 is 0 Å². The third-order valence-corrected chi connectivity index (χ3v) is 3.84. The topological polar surface area (TPSA) is 137 Å². The Morgan fingerprint density at radius 2 is 1.96 bits per heavy atom. The van der Waals surface area contributed by atoms with Crippen LogP contribution in [0.25, 0.3) is 0 Å². The van der Waals surface area contributed by atoms with Crippen molar-refractivity contribution in [2.24, 2.45) is 0 Å². The smallest absolute Gasteiger partial charge is 0.327 e. The van der Waals surface area contributed by atoms with Gasteiger partial charge in [0.1, 0.15) is 11.8 Å². The molecule has 0 aliphatic heterocycles.